The first kappa shape index (κ1) is 16.9. The Labute approximate surface area is 121 Å². The van der Waals surface area contributed by atoms with E-state index >= 15 is 0 Å². The number of nitrogens with zero attached hydrogens (tertiary/aromatic N) is 1. The molecule has 0 aromatic heterocycles. The number of carbonyl (C=O) groups excluding carboxylic acids is 2. The van der Waals surface area contributed by atoms with Gasteiger partial charge in [0.25, 0.3) is 0 Å². The molecule has 0 aromatic carbocycles. The summed E-state index contributed by atoms with van der Waals surface area (Å²) in [5, 5.41) is 5.78. The Morgan fingerprint density at radius 3 is 2.45 bits per heavy atom. The topological polar surface area (TPSA) is 70.7 Å². The Morgan fingerprint density at radius 2 is 1.80 bits per heavy atom. The highest BCUT2D eigenvalue weighted by Crippen LogP contribution is 2.09. The highest BCUT2D eigenvalue weighted by molar-refractivity contribution is 5.78. The maximum atomic E-state index is 12.0. The van der Waals surface area contributed by atoms with E-state index in [1.165, 1.54) is 12.8 Å². The van der Waals surface area contributed by atoms with Gasteiger partial charge in [0.15, 0.2) is 0 Å². The van der Waals surface area contributed by atoms with Gasteiger partial charge in [-0.1, -0.05) is 12.8 Å². The van der Waals surface area contributed by atoms with Crippen LogP contribution in [0.25, 0.3) is 0 Å². The lowest BCUT2D eigenvalue weighted by Gasteiger charge is -2.20. The van der Waals surface area contributed by atoms with E-state index in [2.05, 4.69) is 10.6 Å². The predicted molar refractivity (Wildman–Crippen MR) is 77.4 cm³/mol. The Balaban J connectivity index is 2.04. The molecule has 1 rings (SSSR count). The largest absolute Gasteiger partial charge is 0.383 e. The molecule has 2 amide bonds. The number of nitrogens with one attached hydrogen (secondary N) is 2. The molecule has 0 atom stereocenters. The minimum absolute atomic E-state index is 0.0169. The monoisotopic (exact) mass is 285 g/mol. The van der Waals surface area contributed by atoms with Crippen LogP contribution in [-0.2, 0) is 14.3 Å². The van der Waals surface area contributed by atoms with Crippen LogP contribution >= 0.6 is 0 Å². The van der Waals surface area contributed by atoms with Gasteiger partial charge in [0.05, 0.1) is 13.2 Å². The van der Waals surface area contributed by atoms with E-state index in [1.807, 2.05) is 4.90 Å². The first-order valence-electron chi connectivity index (χ1n) is 7.48. The van der Waals surface area contributed by atoms with Crippen molar-refractivity contribution >= 4 is 11.8 Å². The first-order chi connectivity index (χ1) is 9.74. The molecule has 1 heterocycles. The zero-order valence-corrected chi connectivity index (χ0v) is 12.5. The summed E-state index contributed by atoms with van der Waals surface area (Å²) in [4.78, 5) is 25.3. The number of carbonyl (C=O) groups is 2. The van der Waals surface area contributed by atoms with Crippen LogP contribution in [0.1, 0.15) is 32.1 Å². The number of hydrogen-bond acceptors (Lipinski definition) is 4. The highest BCUT2D eigenvalue weighted by atomic mass is 16.5. The molecular formula is C14H27N3O3. The summed E-state index contributed by atoms with van der Waals surface area (Å²) >= 11 is 0. The number of methoxy groups -OCH3 is 1. The summed E-state index contributed by atoms with van der Waals surface area (Å²) in [7, 11) is 1.60. The van der Waals surface area contributed by atoms with Gasteiger partial charge >= 0.3 is 0 Å². The molecule has 6 nitrogen and oxygen atoms in total. The fourth-order valence-corrected chi connectivity index (χ4v) is 2.21. The third-order valence-electron chi connectivity index (χ3n) is 3.39. The molecule has 2 N–H and O–H groups in total. The molecule has 6 heteroatoms. The average Bonchev–Trinajstić information content (AvgIpc) is 2.72. The number of rotatable bonds is 8. The van der Waals surface area contributed by atoms with Crippen molar-refractivity contribution in [3.63, 3.8) is 0 Å². The molecule has 1 aliphatic rings. The SMILES string of the molecule is COCCNC(=O)CCNCC(=O)N1CCCCCC1. The number of likely N-dealkylation sites (tertiary alicyclic amines) is 1. The number of amides is 2. The molecule has 116 valence electrons. The van der Waals surface area contributed by atoms with Crippen LogP contribution in [0.3, 0.4) is 0 Å². The molecule has 0 aromatic rings. The summed E-state index contributed by atoms with van der Waals surface area (Å²) < 4.78 is 4.85. The molecular weight excluding hydrogens is 258 g/mol. The summed E-state index contributed by atoms with van der Waals surface area (Å²) in [5.74, 6) is 0.128. The number of ether oxygens (including phenoxy) is 1. The van der Waals surface area contributed by atoms with Crippen molar-refractivity contribution < 1.29 is 14.3 Å². The average molecular weight is 285 g/mol. The lowest BCUT2D eigenvalue weighted by atomic mass is 10.2. The van der Waals surface area contributed by atoms with Crippen LogP contribution in [0.4, 0.5) is 0 Å². The Hall–Kier alpha value is -1.14. The van der Waals surface area contributed by atoms with Gasteiger partial charge in [-0.05, 0) is 12.8 Å². The molecule has 1 fully saturated rings. The van der Waals surface area contributed by atoms with Crippen LogP contribution in [-0.4, -0.2) is 63.2 Å². The standard InChI is InChI=1S/C14H27N3O3/c1-20-11-8-16-13(18)6-7-15-12-14(19)17-9-4-2-3-5-10-17/h15H,2-12H2,1H3,(H,16,18). The van der Waals surface area contributed by atoms with Crippen LogP contribution in [0.2, 0.25) is 0 Å². The maximum Gasteiger partial charge on any atom is 0.236 e. The fourth-order valence-electron chi connectivity index (χ4n) is 2.21. The van der Waals surface area contributed by atoms with Gasteiger partial charge < -0.3 is 20.3 Å². The zero-order chi connectivity index (χ0) is 14.6. The molecule has 0 radical (unpaired) electrons. The van der Waals surface area contributed by atoms with Crippen molar-refractivity contribution in [2.45, 2.75) is 32.1 Å². The highest BCUT2D eigenvalue weighted by Gasteiger charge is 2.14. The predicted octanol–water partition coefficient (Wildman–Crippen LogP) is 0.131. The summed E-state index contributed by atoms with van der Waals surface area (Å²) in [6, 6.07) is 0. The summed E-state index contributed by atoms with van der Waals surface area (Å²) in [6.45, 7) is 3.65. The van der Waals surface area contributed by atoms with Crippen LogP contribution < -0.4 is 10.6 Å². The van der Waals surface area contributed by atoms with Gasteiger partial charge in [0, 0.05) is 39.7 Å². The van der Waals surface area contributed by atoms with Crippen LogP contribution in [0.5, 0.6) is 0 Å². The van der Waals surface area contributed by atoms with E-state index in [1.54, 1.807) is 7.11 Å². The van der Waals surface area contributed by atoms with Crippen LogP contribution in [0, 0.1) is 0 Å². The third-order valence-corrected chi connectivity index (χ3v) is 3.39. The zero-order valence-electron chi connectivity index (χ0n) is 12.5. The van der Waals surface area contributed by atoms with Crippen molar-refractivity contribution in [1.29, 1.82) is 0 Å². The van der Waals surface area contributed by atoms with E-state index in [0.29, 0.717) is 32.7 Å². The van der Waals surface area contributed by atoms with Gasteiger partial charge in [0.2, 0.25) is 11.8 Å². The fraction of sp³-hybridized carbons (Fsp3) is 0.857. The van der Waals surface area contributed by atoms with Crippen molar-refractivity contribution in [1.82, 2.24) is 15.5 Å². The smallest absolute Gasteiger partial charge is 0.236 e. The lowest BCUT2D eigenvalue weighted by Crippen LogP contribution is -2.39. The van der Waals surface area contributed by atoms with E-state index in [-0.39, 0.29) is 11.8 Å². The minimum atomic E-state index is -0.0169. The van der Waals surface area contributed by atoms with Crippen molar-refractivity contribution in [2.75, 3.05) is 46.4 Å². The van der Waals surface area contributed by atoms with Crippen LogP contribution in [0.15, 0.2) is 0 Å². The van der Waals surface area contributed by atoms with Gasteiger partial charge in [-0.25, -0.2) is 0 Å². The van der Waals surface area contributed by atoms with E-state index in [4.69, 9.17) is 4.74 Å². The van der Waals surface area contributed by atoms with Crippen molar-refractivity contribution in [2.24, 2.45) is 0 Å². The van der Waals surface area contributed by atoms with Crippen molar-refractivity contribution in [3.8, 4) is 0 Å². The minimum Gasteiger partial charge on any atom is -0.383 e. The lowest BCUT2D eigenvalue weighted by molar-refractivity contribution is -0.130. The van der Waals surface area contributed by atoms with Gasteiger partial charge in [0.1, 0.15) is 0 Å². The normalized spacial score (nSPS) is 15.8. The second-order valence-corrected chi connectivity index (χ2v) is 5.06. The summed E-state index contributed by atoms with van der Waals surface area (Å²) in [5.41, 5.74) is 0. The molecule has 1 aliphatic heterocycles. The molecule has 20 heavy (non-hydrogen) atoms. The van der Waals surface area contributed by atoms with Gasteiger partial charge in [-0.3, -0.25) is 9.59 Å². The van der Waals surface area contributed by atoms with Gasteiger partial charge in [-0.15, -0.1) is 0 Å². The molecule has 0 spiro atoms. The maximum absolute atomic E-state index is 12.0. The Morgan fingerprint density at radius 1 is 1.10 bits per heavy atom. The second kappa shape index (κ2) is 10.6. The Kier molecular flexibility index (Phi) is 8.98. The number of hydrogen-bond donors (Lipinski definition) is 2. The van der Waals surface area contributed by atoms with Crippen molar-refractivity contribution in [3.05, 3.63) is 0 Å². The quantitative estimate of drug-likeness (QED) is 0.622. The first-order valence-corrected chi connectivity index (χ1v) is 7.48. The Bertz CT molecular complexity index is 289. The summed E-state index contributed by atoms with van der Waals surface area (Å²) in [6.07, 6.45) is 5.04. The molecule has 0 bridgehead atoms. The third kappa shape index (κ3) is 7.45. The van der Waals surface area contributed by atoms with E-state index in [9.17, 15) is 9.59 Å². The molecule has 0 unspecified atom stereocenters. The molecule has 0 aliphatic carbocycles. The van der Waals surface area contributed by atoms with E-state index < -0.39 is 0 Å². The molecule has 1 saturated heterocycles. The van der Waals surface area contributed by atoms with Gasteiger partial charge in [-0.2, -0.15) is 0 Å². The molecule has 0 saturated carbocycles. The second-order valence-electron chi connectivity index (χ2n) is 5.06. The van der Waals surface area contributed by atoms with E-state index in [0.717, 1.165) is 25.9 Å².